The SMILES string of the molecule is CC(Cc1ccc(OCc2cc(F)cc3c2OC(C)(C)C3)cc1)C(=O)NO. The van der Waals surface area contributed by atoms with Crippen molar-refractivity contribution in [3.05, 3.63) is 58.9 Å². The predicted octanol–water partition coefficient (Wildman–Crippen LogP) is 3.80. The fourth-order valence-corrected chi connectivity index (χ4v) is 3.29. The lowest BCUT2D eigenvalue weighted by atomic mass is 10.0. The number of nitrogens with one attached hydrogen (secondary N) is 1. The molecule has 1 amide bonds. The maximum absolute atomic E-state index is 13.9. The smallest absolute Gasteiger partial charge is 0.246 e. The molecule has 1 aliphatic heterocycles. The summed E-state index contributed by atoms with van der Waals surface area (Å²) in [5, 5.41) is 8.67. The third-order valence-electron chi connectivity index (χ3n) is 4.62. The Balaban J connectivity index is 1.66. The van der Waals surface area contributed by atoms with Crippen LogP contribution >= 0.6 is 0 Å². The number of rotatable bonds is 6. The minimum atomic E-state index is -0.418. The Morgan fingerprint density at radius 3 is 2.70 bits per heavy atom. The Bertz CT molecular complexity index is 833. The van der Waals surface area contributed by atoms with Crippen molar-refractivity contribution >= 4 is 5.91 Å². The number of benzene rings is 2. The van der Waals surface area contributed by atoms with Gasteiger partial charge in [-0.1, -0.05) is 19.1 Å². The molecule has 0 fully saturated rings. The van der Waals surface area contributed by atoms with Gasteiger partial charge in [0.05, 0.1) is 0 Å². The van der Waals surface area contributed by atoms with Gasteiger partial charge >= 0.3 is 0 Å². The van der Waals surface area contributed by atoms with Crippen LogP contribution in [0, 0.1) is 11.7 Å². The van der Waals surface area contributed by atoms with Crippen LogP contribution in [0.2, 0.25) is 0 Å². The van der Waals surface area contributed by atoms with Crippen LogP contribution in [0.15, 0.2) is 36.4 Å². The normalized spacial score (nSPS) is 15.6. The van der Waals surface area contributed by atoms with E-state index in [1.165, 1.54) is 12.1 Å². The number of hydrogen-bond acceptors (Lipinski definition) is 4. The molecule has 1 atom stereocenters. The van der Waals surface area contributed by atoms with Crippen molar-refractivity contribution in [2.75, 3.05) is 0 Å². The van der Waals surface area contributed by atoms with Gasteiger partial charge in [-0.25, -0.2) is 9.87 Å². The standard InChI is InChI=1S/C21H24FNO4/c1-13(20(24)23-25)8-14-4-6-18(7-5-14)26-12-16-10-17(22)9-15-11-21(2,3)27-19(15)16/h4-7,9-10,13,25H,8,11-12H2,1-3H3,(H,23,24). The lowest BCUT2D eigenvalue weighted by molar-refractivity contribution is -0.132. The van der Waals surface area contributed by atoms with Crippen molar-refractivity contribution in [3.63, 3.8) is 0 Å². The number of halogens is 1. The van der Waals surface area contributed by atoms with E-state index in [2.05, 4.69) is 0 Å². The fourth-order valence-electron chi connectivity index (χ4n) is 3.29. The van der Waals surface area contributed by atoms with Gasteiger partial charge in [0, 0.05) is 23.5 Å². The molecule has 1 unspecified atom stereocenters. The number of carbonyl (C=O) groups excluding carboxylic acids is 1. The molecule has 0 aromatic heterocycles. The number of hydroxylamine groups is 1. The maximum atomic E-state index is 13.9. The zero-order chi connectivity index (χ0) is 19.6. The molecule has 1 aliphatic rings. The van der Waals surface area contributed by atoms with Gasteiger partial charge in [-0.05, 0) is 50.1 Å². The highest BCUT2D eigenvalue weighted by Crippen LogP contribution is 2.38. The number of hydrogen-bond donors (Lipinski definition) is 2. The van der Waals surface area contributed by atoms with Crippen LogP contribution in [-0.2, 0) is 24.2 Å². The third-order valence-corrected chi connectivity index (χ3v) is 4.62. The maximum Gasteiger partial charge on any atom is 0.246 e. The summed E-state index contributed by atoms with van der Waals surface area (Å²) < 4.78 is 25.7. The van der Waals surface area contributed by atoms with Crippen molar-refractivity contribution in [3.8, 4) is 11.5 Å². The number of ether oxygens (including phenoxy) is 2. The molecule has 27 heavy (non-hydrogen) atoms. The monoisotopic (exact) mass is 373 g/mol. The number of amides is 1. The number of fused-ring (bicyclic) bond motifs is 1. The second-order valence-electron chi connectivity index (χ2n) is 7.61. The molecule has 2 N–H and O–H groups in total. The van der Waals surface area contributed by atoms with E-state index in [1.807, 2.05) is 38.1 Å². The first-order valence-electron chi connectivity index (χ1n) is 8.93. The summed E-state index contributed by atoms with van der Waals surface area (Å²) >= 11 is 0. The first-order valence-corrected chi connectivity index (χ1v) is 8.93. The van der Waals surface area contributed by atoms with Crippen LogP contribution in [0.1, 0.15) is 37.5 Å². The average molecular weight is 373 g/mol. The van der Waals surface area contributed by atoms with E-state index >= 15 is 0 Å². The van der Waals surface area contributed by atoms with E-state index < -0.39 is 5.91 Å². The summed E-state index contributed by atoms with van der Waals surface area (Å²) in [6.07, 6.45) is 1.17. The second kappa shape index (κ2) is 7.56. The van der Waals surface area contributed by atoms with Gasteiger partial charge in [0.25, 0.3) is 0 Å². The van der Waals surface area contributed by atoms with Crippen LogP contribution in [0.5, 0.6) is 11.5 Å². The van der Waals surface area contributed by atoms with E-state index in [1.54, 1.807) is 12.4 Å². The molecular weight excluding hydrogens is 349 g/mol. The van der Waals surface area contributed by atoms with Gasteiger partial charge in [-0.3, -0.25) is 10.0 Å². The largest absolute Gasteiger partial charge is 0.489 e. The van der Waals surface area contributed by atoms with Gasteiger partial charge < -0.3 is 9.47 Å². The Morgan fingerprint density at radius 2 is 2.04 bits per heavy atom. The van der Waals surface area contributed by atoms with E-state index in [4.69, 9.17) is 14.7 Å². The van der Waals surface area contributed by atoms with Crippen LogP contribution in [0.4, 0.5) is 4.39 Å². The molecule has 2 aromatic rings. The zero-order valence-corrected chi connectivity index (χ0v) is 15.7. The average Bonchev–Trinajstić information content (AvgIpc) is 2.93. The highest BCUT2D eigenvalue weighted by atomic mass is 19.1. The molecule has 6 heteroatoms. The molecule has 0 spiro atoms. The molecule has 0 bridgehead atoms. The van der Waals surface area contributed by atoms with Crippen molar-refractivity contribution in [1.82, 2.24) is 5.48 Å². The van der Waals surface area contributed by atoms with Crippen LogP contribution in [0.25, 0.3) is 0 Å². The van der Waals surface area contributed by atoms with Gasteiger partial charge in [0.15, 0.2) is 0 Å². The van der Waals surface area contributed by atoms with Gasteiger partial charge in [-0.15, -0.1) is 0 Å². The summed E-state index contributed by atoms with van der Waals surface area (Å²) in [6, 6.07) is 10.3. The third kappa shape index (κ3) is 4.57. The Labute approximate surface area is 158 Å². The Kier molecular flexibility index (Phi) is 5.37. The van der Waals surface area contributed by atoms with E-state index in [0.717, 1.165) is 11.1 Å². The van der Waals surface area contributed by atoms with Crippen molar-refractivity contribution in [2.24, 2.45) is 5.92 Å². The predicted molar refractivity (Wildman–Crippen MR) is 98.4 cm³/mol. The van der Waals surface area contributed by atoms with Gasteiger partial charge in [0.1, 0.15) is 29.5 Å². The molecule has 144 valence electrons. The zero-order valence-electron chi connectivity index (χ0n) is 15.7. The minimum Gasteiger partial charge on any atom is -0.489 e. The summed E-state index contributed by atoms with van der Waals surface area (Å²) in [4.78, 5) is 11.4. The molecule has 1 heterocycles. The van der Waals surface area contributed by atoms with E-state index in [9.17, 15) is 9.18 Å². The van der Waals surface area contributed by atoms with E-state index in [0.29, 0.717) is 29.9 Å². The molecule has 3 rings (SSSR count). The fraction of sp³-hybridized carbons (Fsp3) is 0.381. The summed E-state index contributed by atoms with van der Waals surface area (Å²) in [7, 11) is 0. The molecule has 5 nitrogen and oxygen atoms in total. The highest BCUT2D eigenvalue weighted by molar-refractivity contribution is 5.77. The van der Waals surface area contributed by atoms with Gasteiger partial charge in [-0.2, -0.15) is 0 Å². The molecule has 0 saturated carbocycles. The summed E-state index contributed by atoms with van der Waals surface area (Å²) in [5.41, 5.74) is 3.82. The Morgan fingerprint density at radius 1 is 1.33 bits per heavy atom. The van der Waals surface area contributed by atoms with Crippen molar-refractivity contribution < 1.29 is 23.9 Å². The lowest BCUT2D eigenvalue weighted by Gasteiger charge is -2.18. The quantitative estimate of drug-likeness (QED) is 0.597. The molecule has 0 saturated heterocycles. The van der Waals surface area contributed by atoms with Crippen molar-refractivity contribution in [1.29, 1.82) is 0 Å². The topological polar surface area (TPSA) is 67.8 Å². The van der Waals surface area contributed by atoms with Gasteiger partial charge in [0.2, 0.25) is 5.91 Å². The summed E-state index contributed by atoms with van der Waals surface area (Å²) in [6.45, 7) is 5.90. The molecule has 2 aromatic carbocycles. The minimum absolute atomic E-state index is 0.207. The molecule has 0 radical (unpaired) electrons. The Hall–Kier alpha value is -2.60. The first-order chi connectivity index (χ1) is 12.8. The summed E-state index contributed by atoms with van der Waals surface area (Å²) in [5.74, 6) is 0.311. The highest BCUT2D eigenvalue weighted by Gasteiger charge is 2.32. The van der Waals surface area contributed by atoms with Crippen LogP contribution < -0.4 is 15.0 Å². The lowest BCUT2D eigenvalue weighted by Crippen LogP contribution is -2.27. The second-order valence-corrected chi connectivity index (χ2v) is 7.61. The molecule has 0 aliphatic carbocycles. The van der Waals surface area contributed by atoms with Crippen molar-refractivity contribution in [2.45, 2.75) is 45.8 Å². The number of carbonyl (C=O) groups is 1. The van der Waals surface area contributed by atoms with Crippen LogP contribution in [0.3, 0.4) is 0 Å². The van der Waals surface area contributed by atoms with E-state index in [-0.39, 0.29) is 23.9 Å². The first kappa shape index (κ1) is 19.2. The van der Waals surface area contributed by atoms with Crippen LogP contribution in [-0.4, -0.2) is 16.7 Å². The molecular formula is C21H24FNO4.